The first-order valence-electron chi connectivity index (χ1n) is 20.0. The van der Waals surface area contributed by atoms with Crippen molar-refractivity contribution in [2.45, 2.75) is 224 Å². The summed E-state index contributed by atoms with van der Waals surface area (Å²) in [6.07, 6.45) is -5.46. The van der Waals surface area contributed by atoms with Crippen molar-refractivity contribution >= 4 is 11.9 Å². The van der Waals surface area contributed by atoms with Crippen LogP contribution in [-0.4, -0.2) is 136 Å². The van der Waals surface area contributed by atoms with Crippen LogP contribution >= 0.6 is 0 Å². The predicted octanol–water partition coefficient (Wildman–Crippen LogP) is 3.16. The molecule has 15 heteroatoms. The Kier molecular flexibility index (Phi) is 20.4. The van der Waals surface area contributed by atoms with E-state index < -0.39 is 104 Å². The maximum atomic E-state index is 12.4. The molecule has 3 heterocycles. The zero-order valence-corrected chi connectivity index (χ0v) is 32.6. The minimum absolute atomic E-state index is 0.154. The quantitative estimate of drug-likeness (QED) is 0.0793. The van der Waals surface area contributed by atoms with Gasteiger partial charge in [-0.15, -0.1) is 0 Å². The Balaban J connectivity index is 1.57. The molecular formula is C38H68O15. The number of aliphatic hydroxyl groups is 5. The van der Waals surface area contributed by atoms with Gasteiger partial charge in [0.25, 0.3) is 0 Å². The van der Waals surface area contributed by atoms with Crippen molar-refractivity contribution in [2.75, 3.05) is 6.61 Å². The van der Waals surface area contributed by atoms with Crippen molar-refractivity contribution in [1.29, 1.82) is 0 Å². The standard InChI is InChI=1S/C38H68O15/c1-7-9-11-12-13-14-15-16-17-19-21-46-36-29(43)27(41)33(23(4)47-36)52-38-31(45)35(34(24(5)49-38)50-25(6)39)53-37-30(44)28(42)32(22(3)48-37)51-26(40)20-18-10-8-2/h22-24,27-38,41-45H,7-21H2,1-6H3/t22-,23-,24-,27-,28-,29+,30+,31+,32-,33-,34-,35-,36+,37-,38-/m0/s1. The highest BCUT2D eigenvalue weighted by atomic mass is 16.8. The summed E-state index contributed by atoms with van der Waals surface area (Å²) in [5, 5.41) is 55.4. The van der Waals surface area contributed by atoms with Crippen molar-refractivity contribution in [3.63, 3.8) is 0 Å². The van der Waals surface area contributed by atoms with Crippen LogP contribution in [0.15, 0.2) is 0 Å². The molecule has 3 saturated heterocycles. The van der Waals surface area contributed by atoms with Crippen molar-refractivity contribution in [1.82, 2.24) is 0 Å². The van der Waals surface area contributed by atoms with Crippen molar-refractivity contribution < 1.29 is 73.0 Å². The Labute approximate surface area is 314 Å². The van der Waals surface area contributed by atoms with E-state index in [9.17, 15) is 35.1 Å². The van der Waals surface area contributed by atoms with Gasteiger partial charge in [0.1, 0.15) is 42.7 Å². The summed E-state index contributed by atoms with van der Waals surface area (Å²) in [6, 6.07) is 0. The second-order valence-corrected chi connectivity index (χ2v) is 14.8. The van der Waals surface area contributed by atoms with E-state index in [0.29, 0.717) is 13.0 Å². The highest BCUT2D eigenvalue weighted by Crippen LogP contribution is 2.34. The number of carbonyl (C=O) groups excluding carboxylic acids is 2. The van der Waals surface area contributed by atoms with Gasteiger partial charge in [0, 0.05) is 20.0 Å². The van der Waals surface area contributed by atoms with Gasteiger partial charge in [-0.3, -0.25) is 9.59 Å². The molecule has 0 radical (unpaired) electrons. The van der Waals surface area contributed by atoms with E-state index in [-0.39, 0.29) is 6.42 Å². The third kappa shape index (κ3) is 13.9. The zero-order chi connectivity index (χ0) is 39.1. The van der Waals surface area contributed by atoms with Crippen LogP contribution in [-0.2, 0) is 47.5 Å². The Bertz CT molecular complexity index is 1050. The van der Waals surface area contributed by atoms with E-state index in [1.807, 2.05) is 6.92 Å². The van der Waals surface area contributed by atoms with E-state index in [0.717, 1.165) is 32.1 Å². The van der Waals surface area contributed by atoms with Crippen LogP contribution in [0, 0.1) is 0 Å². The molecule has 15 atom stereocenters. The molecular weight excluding hydrogens is 696 g/mol. The molecule has 0 aromatic carbocycles. The Morgan fingerprint density at radius 3 is 1.57 bits per heavy atom. The number of ether oxygens (including phenoxy) is 8. The first kappa shape index (κ1) is 45.9. The molecule has 0 bridgehead atoms. The smallest absolute Gasteiger partial charge is 0.306 e. The molecule has 15 nitrogen and oxygen atoms in total. The molecule has 0 aliphatic carbocycles. The van der Waals surface area contributed by atoms with E-state index >= 15 is 0 Å². The minimum Gasteiger partial charge on any atom is -0.457 e. The van der Waals surface area contributed by atoms with E-state index in [1.165, 1.54) is 51.9 Å². The van der Waals surface area contributed by atoms with Crippen molar-refractivity contribution in [3.8, 4) is 0 Å². The third-order valence-corrected chi connectivity index (χ3v) is 10.2. The van der Waals surface area contributed by atoms with Crippen LogP contribution in [0.25, 0.3) is 0 Å². The maximum Gasteiger partial charge on any atom is 0.306 e. The third-order valence-electron chi connectivity index (χ3n) is 10.2. The highest BCUT2D eigenvalue weighted by Gasteiger charge is 2.54. The lowest BCUT2D eigenvalue weighted by Crippen LogP contribution is -2.66. The van der Waals surface area contributed by atoms with Gasteiger partial charge in [0.15, 0.2) is 31.1 Å². The van der Waals surface area contributed by atoms with E-state index in [2.05, 4.69) is 6.92 Å². The van der Waals surface area contributed by atoms with Crippen LogP contribution in [0.2, 0.25) is 0 Å². The molecule has 3 aliphatic heterocycles. The summed E-state index contributed by atoms with van der Waals surface area (Å²) in [5.74, 6) is -1.23. The highest BCUT2D eigenvalue weighted by molar-refractivity contribution is 5.69. The van der Waals surface area contributed by atoms with E-state index in [1.54, 1.807) is 20.8 Å². The molecule has 0 aromatic rings. The fourth-order valence-electron chi connectivity index (χ4n) is 7.05. The van der Waals surface area contributed by atoms with Gasteiger partial charge < -0.3 is 63.4 Å². The Hall–Kier alpha value is -1.50. The monoisotopic (exact) mass is 764 g/mol. The number of hydrogen-bond donors (Lipinski definition) is 5. The Morgan fingerprint density at radius 2 is 0.962 bits per heavy atom. The predicted molar refractivity (Wildman–Crippen MR) is 190 cm³/mol. The van der Waals surface area contributed by atoms with Gasteiger partial charge in [-0.2, -0.15) is 0 Å². The average Bonchev–Trinajstić information content (AvgIpc) is 3.11. The van der Waals surface area contributed by atoms with Crippen molar-refractivity contribution in [3.05, 3.63) is 0 Å². The van der Waals surface area contributed by atoms with Gasteiger partial charge in [-0.25, -0.2) is 0 Å². The minimum atomic E-state index is -1.72. The van der Waals surface area contributed by atoms with Gasteiger partial charge in [0.05, 0.1) is 18.3 Å². The molecule has 3 fully saturated rings. The first-order valence-corrected chi connectivity index (χ1v) is 20.0. The normalized spacial score (nSPS) is 37.7. The lowest BCUT2D eigenvalue weighted by Gasteiger charge is -2.48. The van der Waals surface area contributed by atoms with Crippen LogP contribution in [0.4, 0.5) is 0 Å². The van der Waals surface area contributed by atoms with Crippen LogP contribution in [0.5, 0.6) is 0 Å². The number of rotatable bonds is 22. The number of unbranched alkanes of at least 4 members (excludes halogenated alkanes) is 11. The maximum absolute atomic E-state index is 12.4. The van der Waals surface area contributed by atoms with Crippen LogP contribution in [0.1, 0.15) is 131 Å². The molecule has 5 N–H and O–H groups in total. The summed E-state index contributed by atoms with van der Waals surface area (Å²) in [4.78, 5) is 24.4. The molecule has 3 rings (SSSR count). The van der Waals surface area contributed by atoms with Gasteiger partial charge in [0.2, 0.25) is 0 Å². The molecule has 0 spiro atoms. The van der Waals surface area contributed by atoms with Crippen molar-refractivity contribution in [2.24, 2.45) is 0 Å². The fraction of sp³-hybridized carbons (Fsp3) is 0.947. The molecule has 0 amide bonds. The average molecular weight is 765 g/mol. The van der Waals surface area contributed by atoms with Gasteiger partial charge in [-0.05, 0) is 33.6 Å². The molecule has 0 saturated carbocycles. The molecule has 0 unspecified atom stereocenters. The lowest BCUT2D eigenvalue weighted by atomic mass is 9.96. The SMILES string of the molecule is CCCCCCCCCCCCO[C@@H]1O[C@@H](C)[C@H](O[C@@H]2O[C@@H](C)[C@H](OC(C)=O)[C@@H](O[C@@H]3O[C@@H](C)[C@H](OC(=O)CCCCC)[C@@H](O)[C@H]3O)[C@H]2O)[C@@H](O)[C@H]1O. The summed E-state index contributed by atoms with van der Waals surface area (Å²) < 4.78 is 46.3. The molecule has 310 valence electrons. The van der Waals surface area contributed by atoms with Gasteiger partial charge >= 0.3 is 11.9 Å². The van der Waals surface area contributed by atoms with Crippen LogP contribution < -0.4 is 0 Å². The Morgan fingerprint density at radius 1 is 0.509 bits per heavy atom. The lowest BCUT2D eigenvalue weighted by molar-refractivity contribution is -0.374. The van der Waals surface area contributed by atoms with Gasteiger partial charge in [-0.1, -0.05) is 84.5 Å². The topological polar surface area (TPSA) is 209 Å². The molecule has 53 heavy (non-hydrogen) atoms. The zero-order valence-electron chi connectivity index (χ0n) is 32.6. The first-order chi connectivity index (χ1) is 25.3. The number of aliphatic hydroxyl groups excluding tert-OH is 5. The second-order valence-electron chi connectivity index (χ2n) is 14.8. The fourth-order valence-corrected chi connectivity index (χ4v) is 7.05. The number of esters is 2. The second kappa shape index (κ2) is 23.5. The summed E-state index contributed by atoms with van der Waals surface area (Å²) in [7, 11) is 0. The van der Waals surface area contributed by atoms with Crippen LogP contribution in [0.3, 0.4) is 0 Å². The molecule has 0 aromatic heterocycles. The largest absolute Gasteiger partial charge is 0.457 e. The summed E-state index contributed by atoms with van der Waals surface area (Å²) >= 11 is 0. The number of hydrogen-bond acceptors (Lipinski definition) is 15. The molecule has 3 aliphatic rings. The van der Waals surface area contributed by atoms with E-state index in [4.69, 9.17) is 37.9 Å². The summed E-state index contributed by atoms with van der Waals surface area (Å²) in [6.45, 7) is 10.5. The number of carbonyl (C=O) groups is 2. The summed E-state index contributed by atoms with van der Waals surface area (Å²) in [5.41, 5.74) is 0.